The quantitative estimate of drug-likeness (QED) is 0.718. The standard InChI is InChI=1S/C17H13FN2O/c18-13-8-10-14(11-9-13)19-20-17(21)16-7-3-5-12-4-1-2-6-15(12)16/h1-11,19H,(H,20,21). The molecule has 3 aromatic rings. The van der Waals surface area contributed by atoms with Crippen molar-refractivity contribution in [2.45, 2.75) is 0 Å². The maximum atomic E-state index is 12.8. The van der Waals surface area contributed by atoms with Gasteiger partial charge in [-0.05, 0) is 41.1 Å². The van der Waals surface area contributed by atoms with E-state index in [0.717, 1.165) is 10.8 Å². The van der Waals surface area contributed by atoms with Crippen LogP contribution in [-0.2, 0) is 0 Å². The number of hydrazine groups is 1. The average Bonchev–Trinajstić information content (AvgIpc) is 2.53. The molecule has 0 bridgehead atoms. The van der Waals surface area contributed by atoms with E-state index in [1.54, 1.807) is 18.2 Å². The minimum absolute atomic E-state index is 0.240. The summed E-state index contributed by atoms with van der Waals surface area (Å²) in [7, 11) is 0. The maximum absolute atomic E-state index is 12.8. The predicted octanol–water partition coefficient (Wildman–Crippen LogP) is 3.74. The summed E-state index contributed by atoms with van der Waals surface area (Å²) in [6, 6.07) is 19.0. The van der Waals surface area contributed by atoms with E-state index in [4.69, 9.17) is 0 Å². The predicted molar refractivity (Wildman–Crippen MR) is 81.4 cm³/mol. The van der Waals surface area contributed by atoms with Crippen LogP contribution in [0.2, 0.25) is 0 Å². The summed E-state index contributed by atoms with van der Waals surface area (Å²) in [6.07, 6.45) is 0. The van der Waals surface area contributed by atoms with Crippen LogP contribution in [-0.4, -0.2) is 5.91 Å². The van der Waals surface area contributed by atoms with Gasteiger partial charge in [0.1, 0.15) is 5.82 Å². The van der Waals surface area contributed by atoms with Crippen LogP contribution in [0.25, 0.3) is 10.8 Å². The zero-order valence-electron chi connectivity index (χ0n) is 11.1. The van der Waals surface area contributed by atoms with E-state index < -0.39 is 0 Å². The first-order valence-electron chi connectivity index (χ1n) is 6.54. The Hall–Kier alpha value is -2.88. The molecule has 2 N–H and O–H groups in total. The highest BCUT2D eigenvalue weighted by Crippen LogP contribution is 2.18. The molecule has 0 aliphatic rings. The molecule has 0 fully saturated rings. The van der Waals surface area contributed by atoms with Crippen molar-refractivity contribution >= 4 is 22.4 Å². The highest BCUT2D eigenvalue weighted by atomic mass is 19.1. The molecule has 21 heavy (non-hydrogen) atoms. The maximum Gasteiger partial charge on any atom is 0.270 e. The Morgan fingerprint density at radius 2 is 1.57 bits per heavy atom. The largest absolute Gasteiger partial charge is 0.298 e. The van der Waals surface area contributed by atoms with Crippen molar-refractivity contribution < 1.29 is 9.18 Å². The molecule has 0 saturated carbocycles. The number of amides is 1. The van der Waals surface area contributed by atoms with Crippen molar-refractivity contribution in [1.29, 1.82) is 0 Å². The number of carbonyl (C=O) groups excluding carboxylic acids is 1. The number of nitrogens with one attached hydrogen (secondary N) is 2. The van der Waals surface area contributed by atoms with Gasteiger partial charge in [-0.3, -0.25) is 15.6 Å². The van der Waals surface area contributed by atoms with E-state index in [-0.39, 0.29) is 11.7 Å². The number of halogens is 1. The van der Waals surface area contributed by atoms with Crippen LogP contribution in [0.1, 0.15) is 10.4 Å². The van der Waals surface area contributed by atoms with Crippen molar-refractivity contribution in [3.8, 4) is 0 Å². The molecule has 0 atom stereocenters. The molecule has 0 unspecified atom stereocenters. The first-order chi connectivity index (χ1) is 10.2. The van der Waals surface area contributed by atoms with E-state index in [0.29, 0.717) is 11.3 Å². The van der Waals surface area contributed by atoms with Crippen molar-refractivity contribution in [3.63, 3.8) is 0 Å². The number of fused-ring (bicyclic) bond motifs is 1. The summed E-state index contributed by atoms with van der Waals surface area (Å²) in [5, 5.41) is 1.89. The van der Waals surface area contributed by atoms with E-state index in [2.05, 4.69) is 10.9 Å². The van der Waals surface area contributed by atoms with Gasteiger partial charge in [0.25, 0.3) is 5.91 Å². The van der Waals surface area contributed by atoms with Gasteiger partial charge < -0.3 is 0 Å². The molecule has 1 amide bonds. The summed E-state index contributed by atoms with van der Waals surface area (Å²) >= 11 is 0. The van der Waals surface area contributed by atoms with Crippen LogP contribution in [0, 0.1) is 5.82 Å². The highest BCUT2D eigenvalue weighted by Gasteiger charge is 2.08. The monoisotopic (exact) mass is 280 g/mol. The second kappa shape index (κ2) is 5.63. The SMILES string of the molecule is O=C(NNc1ccc(F)cc1)c1cccc2ccccc12. The fraction of sp³-hybridized carbons (Fsp3) is 0. The zero-order valence-corrected chi connectivity index (χ0v) is 11.1. The molecule has 3 nitrogen and oxygen atoms in total. The van der Waals surface area contributed by atoms with Gasteiger partial charge in [0.15, 0.2) is 0 Å². The van der Waals surface area contributed by atoms with Gasteiger partial charge >= 0.3 is 0 Å². The Bertz CT molecular complexity index is 779. The molecule has 3 rings (SSSR count). The third kappa shape index (κ3) is 2.84. The minimum Gasteiger partial charge on any atom is -0.298 e. The summed E-state index contributed by atoms with van der Waals surface area (Å²) in [6.45, 7) is 0. The molecule has 0 aliphatic heterocycles. The topological polar surface area (TPSA) is 41.1 Å². The highest BCUT2D eigenvalue weighted by molar-refractivity contribution is 6.07. The van der Waals surface area contributed by atoms with Gasteiger partial charge in [0.2, 0.25) is 0 Å². The van der Waals surface area contributed by atoms with Gasteiger partial charge in [0.05, 0.1) is 5.69 Å². The number of benzene rings is 3. The van der Waals surface area contributed by atoms with Gasteiger partial charge in [-0.25, -0.2) is 4.39 Å². The first-order valence-corrected chi connectivity index (χ1v) is 6.54. The number of anilines is 1. The summed E-state index contributed by atoms with van der Waals surface area (Å²) in [4.78, 5) is 12.3. The van der Waals surface area contributed by atoms with E-state index >= 15 is 0 Å². The third-order valence-electron chi connectivity index (χ3n) is 3.20. The van der Waals surface area contributed by atoms with Crippen LogP contribution < -0.4 is 10.9 Å². The Morgan fingerprint density at radius 1 is 0.857 bits per heavy atom. The Labute approximate surface area is 121 Å². The smallest absolute Gasteiger partial charge is 0.270 e. The third-order valence-corrected chi connectivity index (χ3v) is 3.20. The van der Waals surface area contributed by atoms with Crippen molar-refractivity contribution in [2.75, 3.05) is 5.43 Å². The van der Waals surface area contributed by atoms with Gasteiger partial charge in [-0.1, -0.05) is 36.4 Å². The molecule has 0 spiro atoms. The molecule has 0 radical (unpaired) electrons. The molecular weight excluding hydrogens is 267 g/mol. The normalized spacial score (nSPS) is 10.3. The van der Waals surface area contributed by atoms with Gasteiger partial charge in [0, 0.05) is 5.56 Å². The van der Waals surface area contributed by atoms with Crippen LogP contribution in [0.5, 0.6) is 0 Å². The van der Waals surface area contributed by atoms with E-state index in [1.165, 1.54) is 12.1 Å². The second-order valence-corrected chi connectivity index (χ2v) is 4.61. The lowest BCUT2D eigenvalue weighted by Crippen LogP contribution is -2.29. The number of hydrogen-bond donors (Lipinski definition) is 2. The Morgan fingerprint density at radius 3 is 2.38 bits per heavy atom. The Kier molecular flexibility index (Phi) is 3.51. The summed E-state index contributed by atoms with van der Waals surface area (Å²) in [5.74, 6) is -0.558. The number of carbonyl (C=O) groups is 1. The Balaban J connectivity index is 1.79. The lowest BCUT2D eigenvalue weighted by Gasteiger charge is -2.10. The lowest BCUT2D eigenvalue weighted by atomic mass is 10.0. The first kappa shape index (κ1) is 13.1. The molecule has 0 aliphatic carbocycles. The average molecular weight is 280 g/mol. The molecular formula is C17H13FN2O. The molecule has 3 aromatic carbocycles. The minimum atomic E-state index is -0.319. The van der Waals surface area contributed by atoms with E-state index in [9.17, 15) is 9.18 Å². The van der Waals surface area contributed by atoms with Gasteiger partial charge in [-0.2, -0.15) is 0 Å². The van der Waals surface area contributed by atoms with E-state index in [1.807, 2.05) is 36.4 Å². The fourth-order valence-electron chi connectivity index (χ4n) is 2.15. The number of rotatable bonds is 3. The fourth-order valence-corrected chi connectivity index (χ4v) is 2.15. The van der Waals surface area contributed by atoms with Crippen molar-refractivity contribution in [1.82, 2.24) is 5.43 Å². The summed E-state index contributed by atoms with van der Waals surface area (Å²) < 4.78 is 12.8. The van der Waals surface area contributed by atoms with Crippen LogP contribution in [0.4, 0.5) is 10.1 Å². The van der Waals surface area contributed by atoms with Crippen LogP contribution in [0.3, 0.4) is 0 Å². The zero-order chi connectivity index (χ0) is 14.7. The van der Waals surface area contributed by atoms with Gasteiger partial charge in [-0.15, -0.1) is 0 Å². The van der Waals surface area contributed by atoms with Crippen molar-refractivity contribution in [2.24, 2.45) is 0 Å². The summed E-state index contributed by atoms with van der Waals surface area (Å²) in [5.41, 5.74) is 6.59. The molecule has 0 heterocycles. The molecule has 0 aromatic heterocycles. The van der Waals surface area contributed by atoms with Crippen molar-refractivity contribution in [3.05, 3.63) is 78.1 Å². The second-order valence-electron chi connectivity index (χ2n) is 4.61. The molecule has 0 saturated heterocycles. The molecule has 104 valence electrons. The lowest BCUT2D eigenvalue weighted by molar-refractivity contribution is 0.0964. The van der Waals surface area contributed by atoms with Crippen LogP contribution in [0.15, 0.2) is 66.7 Å². The van der Waals surface area contributed by atoms with Crippen LogP contribution >= 0.6 is 0 Å². The number of hydrogen-bond acceptors (Lipinski definition) is 2. The molecule has 4 heteroatoms.